The van der Waals surface area contributed by atoms with Crippen LogP contribution in [0, 0.1) is 0 Å². The summed E-state index contributed by atoms with van der Waals surface area (Å²) in [6.07, 6.45) is 0. The molecule has 1 aromatic heterocycles. The molecule has 1 aromatic rings. The maximum absolute atomic E-state index is 11.7. The molecule has 1 amide bonds. The van der Waals surface area contributed by atoms with Gasteiger partial charge < -0.3 is 15.7 Å². The van der Waals surface area contributed by atoms with Crippen LogP contribution < -0.4 is 10.6 Å². The van der Waals surface area contributed by atoms with Crippen molar-refractivity contribution in [3.8, 4) is 0 Å². The molecule has 1 heterocycles. The van der Waals surface area contributed by atoms with Gasteiger partial charge in [0.1, 0.15) is 5.41 Å². The van der Waals surface area contributed by atoms with Crippen molar-refractivity contribution >= 4 is 28.3 Å². The number of carboxylic acid groups (broad SMARTS) is 1. The van der Waals surface area contributed by atoms with E-state index in [2.05, 4.69) is 15.6 Å². The number of carbonyl (C=O) groups excluding carboxylic acids is 1. The molecule has 0 aliphatic carbocycles. The van der Waals surface area contributed by atoms with Crippen molar-refractivity contribution in [1.82, 2.24) is 10.3 Å². The molecule has 112 valence electrons. The van der Waals surface area contributed by atoms with Gasteiger partial charge in [-0.3, -0.25) is 9.59 Å². The van der Waals surface area contributed by atoms with Crippen molar-refractivity contribution in [2.45, 2.75) is 45.6 Å². The number of carbonyl (C=O) groups is 2. The van der Waals surface area contributed by atoms with Crippen molar-refractivity contribution in [3.05, 3.63) is 11.1 Å². The van der Waals surface area contributed by atoms with Gasteiger partial charge in [0.25, 0.3) is 0 Å². The molecule has 0 saturated carbocycles. The first kappa shape index (κ1) is 16.4. The van der Waals surface area contributed by atoms with Gasteiger partial charge >= 0.3 is 5.97 Å². The molecule has 0 aliphatic rings. The number of rotatable bonds is 5. The van der Waals surface area contributed by atoms with Gasteiger partial charge in [-0.05, 0) is 34.6 Å². The van der Waals surface area contributed by atoms with Crippen LogP contribution in [-0.4, -0.2) is 34.1 Å². The molecule has 0 saturated heterocycles. The summed E-state index contributed by atoms with van der Waals surface area (Å²) in [7, 11) is 0. The molecule has 0 unspecified atom stereocenters. The monoisotopic (exact) mass is 299 g/mol. The third-order valence-electron chi connectivity index (χ3n) is 2.59. The zero-order valence-electron chi connectivity index (χ0n) is 12.4. The van der Waals surface area contributed by atoms with Crippen molar-refractivity contribution in [1.29, 1.82) is 0 Å². The first-order chi connectivity index (χ1) is 9.02. The van der Waals surface area contributed by atoms with E-state index in [-0.39, 0.29) is 18.0 Å². The second kappa shape index (κ2) is 5.78. The third kappa shape index (κ3) is 4.48. The summed E-state index contributed by atoms with van der Waals surface area (Å²) < 4.78 is 0. The maximum Gasteiger partial charge on any atom is 0.315 e. The van der Waals surface area contributed by atoms with Gasteiger partial charge in [-0.2, -0.15) is 0 Å². The van der Waals surface area contributed by atoms with E-state index in [4.69, 9.17) is 5.11 Å². The average molecular weight is 299 g/mol. The number of nitrogens with one attached hydrogen (secondary N) is 2. The highest BCUT2D eigenvalue weighted by molar-refractivity contribution is 7.13. The summed E-state index contributed by atoms with van der Waals surface area (Å²) in [5, 5.41) is 17.1. The van der Waals surface area contributed by atoms with Crippen LogP contribution >= 0.6 is 11.3 Å². The normalized spacial score (nSPS) is 12.1. The highest BCUT2D eigenvalue weighted by atomic mass is 32.1. The van der Waals surface area contributed by atoms with E-state index >= 15 is 0 Å². The Kier molecular flexibility index (Phi) is 4.75. The van der Waals surface area contributed by atoms with Gasteiger partial charge in [0, 0.05) is 10.9 Å². The number of thiazole rings is 1. The van der Waals surface area contributed by atoms with Crippen molar-refractivity contribution in [2.75, 3.05) is 11.9 Å². The van der Waals surface area contributed by atoms with Crippen LogP contribution in [0.1, 0.15) is 40.3 Å². The van der Waals surface area contributed by atoms with Gasteiger partial charge in [0.2, 0.25) is 5.91 Å². The highest BCUT2D eigenvalue weighted by Crippen LogP contribution is 2.27. The Labute approximate surface area is 122 Å². The fourth-order valence-electron chi connectivity index (χ4n) is 1.37. The predicted octanol–water partition coefficient (Wildman–Crippen LogP) is 1.83. The molecule has 0 radical (unpaired) electrons. The van der Waals surface area contributed by atoms with Crippen LogP contribution in [0.25, 0.3) is 0 Å². The van der Waals surface area contributed by atoms with Crippen molar-refractivity contribution in [3.63, 3.8) is 0 Å². The first-order valence-electron chi connectivity index (χ1n) is 6.26. The summed E-state index contributed by atoms with van der Waals surface area (Å²) in [4.78, 5) is 27.0. The Bertz CT molecular complexity index is 503. The van der Waals surface area contributed by atoms with E-state index in [0.717, 1.165) is 0 Å². The lowest BCUT2D eigenvalue weighted by Gasteiger charge is -2.20. The minimum atomic E-state index is -1.04. The van der Waals surface area contributed by atoms with Gasteiger partial charge in [-0.1, -0.05) is 0 Å². The van der Waals surface area contributed by atoms with Crippen LogP contribution in [0.3, 0.4) is 0 Å². The Morgan fingerprint density at radius 1 is 1.30 bits per heavy atom. The number of carboxylic acids is 1. The fourth-order valence-corrected chi connectivity index (χ4v) is 2.25. The number of hydrogen-bond donors (Lipinski definition) is 3. The van der Waals surface area contributed by atoms with Gasteiger partial charge in [0.15, 0.2) is 5.13 Å². The maximum atomic E-state index is 11.7. The summed E-state index contributed by atoms with van der Waals surface area (Å²) in [5.41, 5.74) is -0.837. The molecule has 6 nitrogen and oxygen atoms in total. The van der Waals surface area contributed by atoms with Gasteiger partial charge in [0.05, 0.1) is 12.2 Å². The van der Waals surface area contributed by atoms with E-state index in [1.165, 1.54) is 11.3 Å². The lowest BCUT2D eigenvalue weighted by molar-refractivity contribution is -0.142. The van der Waals surface area contributed by atoms with Crippen LogP contribution in [0.4, 0.5) is 5.13 Å². The molecule has 20 heavy (non-hydrogen) atoms. The van der Waals surface area contributed by atoms with Crippen LogP contribution in [0.5, 0.6) is 0 Å². The van der Waals surface area contributed by atoms with Crippen LogP contribution in [0.2, 0.25) is 0 Å². The van der Waals surface area contributed by atoms with E-state index < -0.39 is 11.4 Å². The summed E-state index contributed by atoms with van der Waals surface area (Å²) >= 11 is 1.29. The Morgan fingerprint density at radius 3 is 2.40 bits per heavy atom. The molecule has 0 atom stereocenters. The number of anilines is 1. The van der Waals surface area contributed by atoms with Crippen molar-refractivity contribution < 1.29 is 14.7 Å². The molecule has 0 aromatic carbocycles. The zero-order valence-corrected chi connectivity index (χ0v) is 13.2. The molecule has 7 heteroatoms. The number of aliphatic carboxylic acids is 1. The predicted molar refractivity (Wildman–Crippen MR) is 79.2 cm³/mol. The quantitative estimate of drug-likeness (QED) is 0.771. The van der Waals surface area contributed by atoms with E-state index in [0.29, 0.717) is 10.8 Å². The van der Waals surface area contributed by atoms with Crippen LogP contribution in [-0.2, 0) is 15.0 Å². The third-order valence-corrected chi connectivity index (χ3v) is 3.39. The fraction of sp³-hybridized carbons (Fsp3) is 0.615. The molecule has 3 N–H and O–H groups in total. The average Bonchev–Trinajstić information content (AvgIpc) is 2.72. The molecule has 0 bridgehead atoms. The van der Waals surface area contributed by atoms with E-state index in [9.17, 15) is 9.59 Å². The Balaban J connectivity index is 2.62. The molecular formula is C13H21N3O3S. The standard InChI is InChI=1S/C13H21N3O3S/c1-12(2,3)16-9(17)6-14-11-15-8(7-20-11)13(4,5)10(18)19/h7H,6H2,1-5H3,(H,14,15)(H,16,17)(H,18,19). The SMILES string of the molecule is CC(C)(C)NC(=O)CNc1nc(C(C)(C)C(=O)O)cs1. The number of hydrogen-bond acceptors (Lipinski definition) is 5. The second-order valence-corrected chi connectivity index (χ2v) is 6.98. The summed E-state index contributed by atoms with van der Waals surface area (Å²) in [6, 6.07) is 0. The van der Waals surface area contributed by atoms with Gasteiger partial charge in [-0.25, -0.2) is 4.98 Å². The molecule has 0 fully saturated rings. The molecule has 0 spiro atoms. The number of amides is 1. The largest absolute Gasteiger partial charge is 0.481 e. The Hall–Kier alpha value is -1.63. The summed E-state index contributed by atoms with van der Waals surface area (Å²) in [5.74, 6) is -1.06. The molecule has 0 aliphatic heterocycles. The lowest BCUT2D eigenvalue weighted by atomic mass is 9.90. The molecular weight excluding hydrogens is 278 g/mol. The second-order valence-electron chi connectivity index (χ2n) is 6.12. The number of aromatic nitrogens is 1. The topological polar surface area (TPSA) is 91.3 Å². The smallest absolute Gasteiger partial charge is 0.315 e. The first-order valence-corrected chi connectivity index (χ1v) is 7.14. The van der Waals surface area contributed by atoms with E-state index in [1.807, 2.05) is 20.8 Å². The van der Waals surface area contributed by atoms with Crippen molar-refractivity contribution in [2.24, 2.45) is 0 Å². The summed E-state index contributed by atoms with van der Waals surface area (Å²) in [6.45, 7) is 9.02. The zero-order chi connectivity index (χ0) is 15.6. The minimum absolute atomic E-state index is 0.109. The minimum Gasteiger partial charge on any atom is -0.481 e. The lowest BCUT2D eigenvalue weighted by Crippen LogP contribution is -2.43. The number of nitrogens with zero attached hydrogens (tertiary/aromatic N) is 1. The highest BCUT2D eigenvalue weighted by Gasteiger charge is 2.32. The Morgan fingerprint density at radius 2 is 1.90 bits per heavy atom. The molecule has 1 rings (SSSR count). The van der Waals surface area contributed by atoms with E-state index in [1.54, 1.807) is 19.2 Å². The van der Waals surface area contributed by atoms with Gasteiger partial charge in [-0.15, -0.1) is 11.3 Å². The van der Waals surface area contributed by atoms with Crippen LogP contribution in [0.15, 0.2) is 5.38 Å².